The first-order chi connectivity index (χ1) is 15.7. The van der Waals surface area contributed by atoms with Gasteiger partial charge < -0.3 is 14.4 Å². The van der Waals surface area contributed by atoms with Crippen LogP contribution in [0.2, 0.25) is 0 Å². The number of imidazole rings is 1. The number of benzene rings is 2. The lowest BCUT2D eigenvalue weighted by Crippen LogP contribution is -2.12. The van der Waals surface area contributed by atoms with Crippen LogP contribution in [-0.2, 0) is 17.5 Å². The zero-order valence-electron chi connectivity index (χ0n) is 16.3. The molecule has 164 valence electrons. The number of carbonyl (C=O) groups is 1. The number of nitriles is 2. The van der Waals surface area contributed by atoms with Gasteiger partial charge in [-0.1, -0.05) is 11.3 Å². The average molecular weight is 469 g/mol. The first-order valence-electron chi connectivity index (χ1n) is 9.08. The van der Waals surface area contributed by atoms with E-state index in [1.54, 1.807) is 24.3 Å². The Morgan fingerprint density at radius 2 is 1.85 bits per heavy atom. The molecule has 33 heavy (non-hydrogen) atoms. The Bertz CT molecular complexity index is 1460. The maximum atomic E-state index is 12.9. The second kappa shape index (κ2) is 8.26. The third kappa shape index (κ3) is 4.33. The number of nitrogens with zero attached hydrogens (tertiary/aromatic N) is 5. The summed E-state index contributed by atoms with van der Waals surface area (Å²) in [6.07, 6.45) is -4.47. The smallest absolute Gasteiger partial charge is 0.416 e. The van der Waals surface area contributed by atoms with Crippen molar-refractivity contribution < 1.29 is 27.8 Å². The third-order valence-electron chi connectivity index (χ3n) is 4.49. The fraction of sp³-hybridized carbons (Fsp3) is 0.0952. The summed E-state index contributed by atoms with van der Waals surface area (Å²) in [6, 6.07) is 13.0. The van der Waals surface area contributed by atoms with E-state index in [0.29, 0.717) is 16.0 Å². The van der Waals surface area contributed by atoms with E-state index in [1.165, 1.54) is 18.2 Å². The Morgan fingerprint density at radius 3 is 2.45 bits per heavy atom. The number of hydrogen-bond acceptors (Lipinski definition) is 7. The lowest BCUT2D eigenvalue weighted by Gasteiger charge is -2.07. The molecule has 4 aromatic rings. The van der Waals surface area contributed by atoms with Crippen molar-refractivity contribution in [1.82, 2.24) is 14.5 Å². The molecule has 12 heteroatoms. The zero-order chi connectivity index (χ0) is 23.8. The highest BCUT2D eigenvalue weighted by molar-refractivity contribution is 7.20. The highest BCUT2D eigenvalue weighted by Crippen LogP contribution is 2.36. The van der Waals surface area contributed by atoms with Gasteiger partial charge in [-0.2, -0.15) is 23.7 Å². The van der Waals surface area contributed by atoms with Crippen LogP contribution in [0.15, 0.2) is 42.5 Å². The van der Waals surface area contributed by atoms with Crippen LogP contribution < -0.4 is 4.74 Å². The highest BCUT2D eigenvalue weighted by Gasteiger charge is 2.31. The van der Waals surface area contributed by atoms with Crippen LogP contribution in [0.4, 0.5) is 13.2 Å². The molecule has 0 aliphatic heterocycles. The summed E-state index contributed by atoms with van der Waals surface area (Å²) in [7, 11) is 0. The quantitative estimate of drug-likeness (QED) is 0.445. The molecule has 0 atom stereocenters. The molecule has 4 rings (SSSR count). The second-order valence-corrected chi connectivity index (χ2v) is 7.62. The molecule has 0 radical (unpaired) electrons. The number of fused-ring (bicyclic) bond motifs is 1. The van der Waals surface area contributed by atoms with Gasteiger partial charge in [-0.3, -0.25) is 4.79 Å². The number of rotatable bonds is 5. The van der Waals surface area contributed by atoms with Gasteiger partial charge in [0.15, 0.2) is 11.4 Å². The normalized spacial score (nSPS) is 11.2. The lowest BCUT2D eigenvalue weighted by molar-refractivity contribution is -0.138. The Labute approximate surface area is 187 Å². The second-order valence-electron chi connectivity index (χ2n) is 6.62. The number of hydrogen-bond donors (Lipinski definition) is 1. The number of carboxylic acids is 1. The highest BCUT2D eigenvalue weighted by atomic mass is 32.1. The van der Waals surface area contributed by atoms with E-state index in [4.69, 9.17) is 9.84 Å². The molecular formula is C21H10F3N5O3S. The molecule has 1 N–H and O–H groups in total. The molecule has 0 spiro atoms. The van der Waals surface area contributed by atoms with Crippen molar-refractivity contribution in [3.05, 3.63) is 59.4 Å². The summed E-state index contributed by atoms with van der Waals surface area (Å²) >= 11 is 1.08. The van der Waals surface area contributed by atoms with Gasteiger partial charge in [-0.15, -0.1) is 0 Å². The van der Waals surface area contributed by atoms with Crippen molar-refractivity contribution in [3.8, 4) is 34.5 Å². The van der Waals surface area contributed by atoms with Crippen molar-refractivity contribution in [3.63, 3.8) is 0 Å². The van der Waals surface area contributed by atoms with Crippen LogP contribution >= 0.6 is 11.3 Å². The minimum absolute atomic E-state index is 0.122. The fourth-order valence-electron chi connectivity index (χ4n) is 3.05. The van der Waals surface area contributed by atoms with Crippen molar-refractivity contribution in [2.75, 3.05) is 0 Å². The largest absolute Gasteiger partial charge is 0.480 e. The summed E-state index contributed by atoms with van der Waals surface area (Å²) < 4.78 is 46.0. The predicted molar refractivity (Wildman–Crippen MR) is 109 cm³/mol. The first kappa shape index (κ1) is 21.8. The SMILES string of the molecule is N#Cc1nc(-c2ccc(Oc3nc4cc(C(F)(F)F)ccc4s3)cc2)n(CC(=O)O)c1C#N. The van der Waals surface area contributed by atoms with Gasteiger partial charge in [0.05, 0.1) is 15.8 Å². The van der Waals surface area contributed by atoms with Crippen molar-refractivity contribution >= 4 is 27.5 Å². The standard InChI is InChI=1S/C21H10F3N5O3S/c22-21(23,24)12-3-6-17-14(7-12)28-20(33-17)32-13-4-1-11(2-5-13)19-27-15(8-25)16(9-26)29(19)10-18(30)31/h1-7H,10H2,(H,30,31). The third-order valence-corrected chi connectivity index (χ3v) is 5.40. The van der Waals surface area contributed by atoms with Gasteiger partial charge in [0, 0.05) is 5.56 Å². The molecule has 8 nitrogen and oxygen atoms in total. The Kier molecular flexibility index (Phi) is 5.45. The van der Waals surface area contributed by atoms with Crippen molar-refractivity contribution in [1.29, 1.82) is 10.5 Å². The van der Waals surface area contributed by atoms with Crippen LogP contribution in [0.3, 0.4) is 0 Å². The molecule has 0 saturated heterocycles. The Balaban J connectivity index is 1.62. The summed E-state index contributed by atoms with van der Waals surface area (Å²) in [5.41, 5.74) is -0.572. The minimum Gasteiger partial charge on any atom is -0.480 e. The van der Waals surface area contributed by atoms with E-state index in [2.05, 4.69) is 9.97 Å². The summed E-state index contributed by atoms with van der Waals surface area (Å²) in [5, 5.41) is 27.8. The van der Waals surface area contributed by atoms with E-state index in [1.807, 2.05) is 0 Å². The van der Waals surface area contributed by atoms with Gasteiger partial charge in [-0.05, 0) is 42.5 Å². The number of alkyl halides is 3. The molecule has 0 unspecified atom stereocenters. The molecule has 2 aromatic heterocycles. The molecule has 0 fully saturated rings. The summed E-state index contributed by atoms with van der Waals surface area (Å²) in [5.74, 6) is -0.762. The summed E-state index contributed by atoms with van der Waals surface area (Å²) in [6.45, 7) is -0.559. The molecule has 0 bridgehead atoms. The van der Waals surface area contributed by atoms with E-state index >= 15 is 0 Å². The summed E-state index contributed by atoms with van der Waals surface area (Å²) in [4.78, 5) is 19.4. The van der Waals surface area contributed by atoms with Crippen molar-refractivity contribution in [2.45, 2.75) is 12.7 Å². The Morgan fingerprint density at radius 1 is 1.12 bits per heavy atom. The van der Waals surface area contributed by atoms with Gasteiger partial charge in [0.25, 0.3) is 5.19 Å². The topological polar surface area (TPSA) is 125 Å². The average Bonchev–Trinajstić information content (AvgIpc) is 3.32. The van der Waals surface area contributed by atoms with Crippen LogP contribution in [0, 0.1) is 22.7 Å². The molecule has 0 aliphatic carbocycles. The van der Waals surface area contributed by atoms with Crippen LogP contribution in [0.1, 0.15) is 17.0 Å². The van der Waals surface area contributed by atoms with Gasteiger partial charge in [-0.25, -0.2) is 9.97 Å². The number of carboxylic acid groups (broad SMARTS) is 1. The van der Waals surface area contributed by atoms with Gasteiger partial charge in [0.2, 0.25) is 0 Å². The Hall–Kier alpha value is -4.42. The van der Waals surface area contributed by atoms with Gasteiger partial charge >= 0.3 is 12.1 Å². The zero-order valence-corrected chi connectivity index (χ0v) is 17.1. The maximum Gasteiger partial charge on any atom is 0.416 e. The first-order valence-corrected chi connectivity index (χ1v) is 9.90. The van der Waals surface area contributed by atoms with Crippen molar-refractivity contribution in [2.24, 2.45) is 0 Å². The van der Waals surface area contributed by atoms with Crippen LogP contribution in [0.5, 0.6) is 10.9 Å². The minimum atomic E-state index is -4.47. The number of halogens is 3. The van der Waals surface area contributed by atoms with E-state index in [9.17, 15) is 28.5 Å². The van der Waals surface area contributed by atoms with Crippen LogP contribution in [-0.4, -0.2) is 25.6 Å². The monoisotopic (exact) mass is 469 g/mol. The maximum absolute atomic E-state index is 12.9. The number of aliphatic carboxylic acids is 1. The number of ether oxygens (including phenoxy) is 1. The molecule has 0 aliphatic rings. The fourth-order valence-corrected chi connectivity index (χ4v) is 3.87. The molecular weight excluding hydrogens is 459 g/mol. The molecule has 0 saturated carbocycles. The van der Waals surface area contributed by atoms with E-state index in [-0.39, 0.29) is 27.9 Å². The number of thiazole rings is 1. The van der Waals surface area contributed by atoms with E-state index in [0.717, 1.165) is 28.0 Å². The number of aromatic nitrogens is 3. The lowest BCUT2D eigenvalue weighted by atomic mass is 10.2. The van der Waals surface area contributed by atoms with Crippen LogP contribution in [0.25, 0.3) is 21.6 Å². The molecule has 2 aromatic carbocycles. The van der Waals surface area contributed by atoms with Gasteiger partial charge in [0.1, 0.15) is 30.3 Å². The molecule has 0 amide bonds. The van der Waals surface area contributed by atoms with E-state index < -0.39 is 24.3 Å². The predicted octanol–water partition coefficient (Wildman–Crippen LogP) is 4.80. The molecule has 2 heterocycles.